The van der Waals surface area contributed by atoms with Crippen molar-refractivity contribution in [2.24, 2.45) is 0 Å². The fourth-order valence-electron chi connectivity index (χ4n) is 1.99. The Kier molecular flexibility index (Phi) is 2.72. The Balaban J connectivity index is 1.99. The lowest BCUT2D eigenvalue weighted by Gasteiger charge is -2.04. The molecule has 0 amide bonds. The summed E-state index contributed by atoms with van der Waals surface area (Å²) in [6.07, 6.45) is 0. The van der Waals surface area contributed by atoms with Gasteiger partial charge in [-0.1, -0.05) is 30.3 Å². The molecule has 0 bridgehead atoms. The van der Waals surface area contributed by atoms with Gasteiger partial charge in [0, 0.05) is 0 Å². The molecule has 0 aliphatic carbocycles. The molecule has 94 valence electrons. The SMILES string of the molecule is O=C(O)c1ccccc1Cn1nc2ccccc2n1. The predicted molar refractivity (Wildman–Crippen MR) is 70.0 cm³/mol. The van der Waals surface area contributed by atoms with E-state index in [2.05, 4.69) is 10.2 Å². The molecule has 0 fully saturated rings. The van der Waals surface area contributed by atoms with Crippen molar-refractivity contribution in [3.8, 4) is 0 Å². The molecule has 0 radical (unpaired) electrons. The number of carboxylic acids is 1. The van der Waals surface area contributed by atoms with Crippen LogP contribution in [0.4, 0.5) is 0 Å². The van der Waals surface area contributed by atoms with E-state index in [1.165, 1.54) is 4.80 Å². The second kappa shape index (κ2) is 4.53. The largest absolute Gasteiger partial charge is 0.478 e. The lowest BCUT2D eigenvalue weighted by atomic mass is 10.1. The van der Waals surface area contributed by atoms with Crippen LogP contribution in [0.25, 0.3) is 11.0 Å². The number of aromatic carboxylic acids is 1. The van der Waals surface area contributed by atoms with E-state index in [4.69, 9.17) is 5.11 Å². The Labute approximate surface area is 109 Å². The van der Waals surface area contributed by atoms with Gasteiger partial charge in [0.2, 0.25) is 0 Å². The van der Waals surface area contributed by atoms with E-state index in [1.807, 2.05) is 30.3 Å². The van der Waals surface area contributed by atoms with Gasteiger partial charge in [0.15, 0.2) is 0 Å². The van der Waals surface area contributed by atoms with Crippen LogP contribution in [-0.2, 0) is 6.54 Å². The predicted octanol–water partition coefficient (Wildman–Crippen LogP) is 2.18. The van der Waals surface area contributed by atoms with E-state index in [0.29, 0.717) is 12.1 Å². The molecule has 0 unspecified atom stereocenters. The molecule has 0 saturated heterocycles. The summed E-state index contributed by atoms with van der Waals surface area (Å²) in [5.74, 6) is -0.938. The Morgan fingerprint density at radius 3 is 2.21 bits per heavy atom. The Morgan fingerprint density at radius 2 is 1.58 bits per heavy atom. The molecule has 0 aliphatic rings. The van der Waals surface area contributed by atoms with Crippen LogP contribution < -0.4 is 0 Å². The topological polar surface area (TPSA) is 68.0 Å². The first kappa shape index (κ1) is 11.4. The minimum Gasteiger partial charge on any atom is -0.478 e. The van der Waals surface area contributed by atoms with Crippen LogP contribution in [0.2, 0.25) is 0 Å². The van der Waals surface area contributed by atoms with E-state index in [1.54, 1.807) is 18.2 Å². The maximum Gasteiger partial charge on any atom is 0.336 e. The molecule has 2 aromatic carbocycles. The zero-order valence-corrected chi connectivity index (χ0v) is 10.0. The van der Waals surface area contributed by atoms with Crippen LogP contribution in [0.15, 0.2) is 48.5 Å². The van der Waals surface area contributed by atoms with Crippen molar-refractivity contribution in [1.82, 2.24) is 15.0 Å². The summed E-state index contributed by atoms with van der Waals surface area (Å²) in [5.41, 5.74) is 2.57. The molecule has 5 nitrogen and oxygen atoms in total. The maximum atomic E-state index is 11.1. The highest BCUT2D eigenvalue weighted by molar-refractivity contribution is 5.89. The van der Waals surface area contributed by atoms with Gasteiger partial charge in [0.1, 0.15) is 11.0 Å². The summed E-state index contributed by atoms with van der Waals surface area (Å²) in [6, 6.07) is 14.4. The third kappa shape index (κ3) is 2.18. The average molecular weight is 253 g/mol. The normalized spacial score (nSPS) is 10.7. The molecule has 3 rings (SSSR count). The smallest absolute Gasteiger partial charge is 0.336 e. The number of fused-ring (bicyclic) bond motifs is 1. The van der Waals surface area contributed by atoms with E-state index in [-0.39, 0.29) is 5.56 Å². The van der Waals surface area contributed by atoms with E-state index in [9.17, 15) is 4.79 Å². The first-order chi connectivity index (χ1) is 9.24. The lowest BCUT2D eigenvalue weighted by Crippen LogP contribution is -2.09. The van der Waals surface area contributed by atoms with Crippen molar-refractivity contribution < 1.29 is 9.90 Å². The van der Waals surface area contributed by atoms with Gasteiger partial charge in [0.05, 0.1) is 12.1 Å². The Bertz CT molecular complexity index is 716. The van der Waals surface area contributed by atoms with Crippen molar-refractivity contribution in [3.63, 3.8) is 0 Å². The van der Waals surface area contributed by atoms with Gasteiger partial charge in [0.25, 0.3) is 0 Å². The molecule has 1 N–H and O–H groups in total. The number of carbonyl (C=O) groups is 1. The summed E-state index contributed by atoms with van der Waals surface area (Å²) in [6.45, 7) is 0.344. The van der Waals surface area contributed by atoms with Crippen LogP contribution in [0, 0.1) is 0 Å². The van der Waals surface area contributed by atoms with Gasteiger partial charge >= 0.3 is 5.97 Å². The number of hydrogen-bond acceptors (Lipinski definition) is 3. The van der Waals surface area contributed by atoms with E-state index in [0.717, 1.165) is 11.0 Å². The van der Waals surface area contributed by atoms with Gasteiger partial charge < -0.3 is 5.11 Å². The second-order valence-electron chi connectivity index (χ2n) is 4.18. The molecule has 3 aromatic rings. The van der Waals surface area contributed by atoms with Gasteiger partial charge in [-0.25, -0.2) is 4.79 Å². The molecular formula is C14H11N3O2. The number of carboxylic acid groups (broad SMARTS) is 1. The Morgan fingerprint density at radius 1 is 1.00 bits per heavy atom. The summed E-state index contributed by atoms with van der Waals surface area (Å²) < 4.78 is 0. The van der Waals surface area contributed by atoms with Gasteiger partial charge in [-0.3, -0.25) is 0 Å². The number of benzene rings is 2. The highest BCUT2D eigenvalue weighted by atomic mass is 16.4. The molecule has 5 heteroatoms. The standard InChI is InChI=1S/C14H11N3O2/c18-14(19)11-6-2-1-5-10(11)9-17-15-12-7-3-4-8-13(12)16-17/h1-8H,9H2,(H,18,19). The molecule has 0 atom stereocenters. The summed E-state index contributed by atoms with van der Waals surface area (Å²) in [4.78, 5) is 12.7. The molecule has 1 aromatic heterocycles. The first-order valence-electron chi connectivity index (χ1n) is 5.85. The van der Waals surface area contributed by atoms with Crippen LogP contribution >= 0.6 is 0 Å². The maximum absolute atomic E-state index is 11.1. The Hall–Kier alpha value is -2.69. The highest BCUT2D eigenvalue weighted by Crippen LogP contribution is 2.12. The van der Waals surface area contributed by atoms with Crippen molar-refractivity contribution in [2.45, 2.75) is 6.54 Å². The zero-order valence-electron chi connectivity index (χ0n) is 10.0. The fraction of sp³-hybridized carbons (Fsp3) is 0.0714. The molecule has 0 spiro atoms. The van der Waals surface area contributed by atoms with Crippen LogP contribution in [0.1, 0.15) is 15.9 Å². The summed E-state index contributed by atoms with van der Waals surface area (Å²) >= 11 is 0. The van der Waals surface area contributed by atoms with Crippen LogP contribution in [0.5, 0.6) is 0 Å². The fourth-order valence-corrected chi connectivity index (χ4v) is 1.99. The first-order valence-corrected chi connectivity index (χ1v) is 5.85. The molecular weight excluding hydrogens is 242 g/mol. The van der Waals surface area contributed by atoms with E-state index >= 15 is 0 Å². The van der Waals surface area contributed by atoms with Crippen LogP contribution in [-0.4, -0.2) is 26.1 Å². The van der Waals surface area contributed by atoms with Crippen LogP contribution in [0.3, 0.4) is 0 Å². The minimum absolute atomic E-state index is 0.281. The quantitative estimate of drug-likeness (QED) is 0.776. The van der Waals surface area contributed by atoms with E-state index < -0.39 is 5.97 Å². The minimum atomic E-state index is -0.938. The summed E-state index contributed by atoms with van der Waals surface area (Å²) in [7, 11) is 0. The zero-order chi connectivity index (χ0) is 13.2. The van der Waals surface area contributed by atoms with Gasteiger partial charge in [-0.05, 0) is 23.8 Å². The van der Waals surface area contributed by atoms with Crippen molar-refractivity contribution in [3.05, 3.63) is 59.7 Å². The molecule has 1 heterocycles. The highest BCUT2D eigenvalue weighted by Gasteiger charge is 2.10. The third-order valence-electron chi connectivity index (χ3n) is 2.89. The van der Waals surface area contributed by atoms with Gasteiger partial charge in [-0.15, -0.1) is 0 Å². The van der Waals surface area contributed by atoms with Crippen molar-refractivity contribution >= 4 is 17.0 Å². The third-order valence-corrected chi connectivity index (χ3v) is 2.89. The molecule has 0 aliphatic heterocycles. The number of hydrogen-bond donors (Lipinski definition) is 1. The monoisotopic (exact) mass is 253 g/mol. The molecule has 19 heavy (non-hydrogen) atoms. The lowest BCUT2D eigenvalue weighted by molar-refractivity contribution is 0.0695. The summed E-state index contributed by atoms with van der Waals surface area (Å²) in [5, 5.41) is 17.8. The molecule has 0 saturated carbocycles. The average Bonchev–Trinajstić information content (AvgIpc) is 2.81. The number of aromatic nitrogens is 3. The number of rotatable bonds is 3. The second-order valence-corrected chi connectivity index (χ2v) is 4.18. The van der Waals surface area contributed by atoms with Crippen molar-refractivity contribution in [2.75, 3.05) is 0 Å². The number of nitrogens with zero attached hydrogens (tertiary/aromatic N) is 3. The van der Waals surface area contributed by atoms with Crippen molar-refractivity contribution in [1.29, 1.82) is 0 Å². The van der Waals surface area contributed by atoms with Gasteiger partial charge in [-0.2, -0.15) is 15.0 Å².